The van der Waals surface area contributed by atoms with Crippen LogP contribution in [-0.2, 0) is 11.3 Å². The molecule has 0 saturated heterocycles. The van der Waals surface area contributed by atoms with Crippen molar-refractivity contribution in [3.63, 3.8) is 0 Å². The fourth-order valence-corrected chi connectivity index (χ4v) is 2.80. The van der Waals surface area contributed by atoms with Gasteiger partial charge in [0.2, 0.25) is 5.91 Å². The summed E-state index contributed by atoms with van der Waals surface area (Å²) in [5.74, 6) is -0.121. The molecule has 148 valence electrons. The van der Waals surface area contributed by atoms with E-state index in [9.17, 15) is 15.3 Å². The Balaban J connectivity index is 2.50. The number of hydrogen-bond acceptors (Lipinski definition) is 7. The molecule has 0 spiro atoms. The van der Waals surface area contributed by atoms with Crippen molar-refractivity contribution in [2.75, 3.05) is 23.3 Å². The van der Waals surface area contributed by atoms with Gasteiger partial charge < -0.3 is 10.2 Å². The van der Waals surface area contributed by atoms with Gasteiger partial charge in [-0.05, 0) is 32.0 Å². The average molecular weight is 390 g/mol. The molecule has 0 saturated carbocycles. The van der Waals surface area contributed by atoms with Crippen LogP contribution in [0.2, 0.25) is 0 Å². The van der Waals surface area contributed by atoms with Gasteiger partial charge in [-0.1, -0.05) is 6.08 Å². The second-order valence-electron chi connectivity index (χ2n) is 5.99. The zero-order chi connectivity index (χ0) is 21.4. The highest BCUT2D eigenvalue weighted by Gasteiger charge is 2.16. The van der Waals surface area contributed by atoms with Crippen molar-refractivity contribution >= 4 is 28.9 Å². The lowest BCUT2D eigenvalue weighted by Gasteiger charge is -2.22. The smallest absolute Gasteiger partial charge is 0.252 e. The number of azo groups is 1. The first-order valence-corrected chi connectivity index (χ1v) is 9.08. The van der Waals surface area contributed by atoms with Gasteiger partial charge in [-0.15, -0.1) is 16.8 Å². The second kappa shape index (κ2) is 9.81. The summed E-state index contributed by atoms with van der Waals surface area (Å²) in [6, 6.07) is 9.31. The minimum Gasteiger partial charge on any atom is -0.372 e. The number of carbonyl (C=O) groups excluding carboxylic acids is 1. The average Bonchev–Trinajstić information content (AvgIpc) is 3.04. The van der Waals surface area contributed by atoms with Crippen LogP contribution < -0.4 is 10.2 Å². The van der Waals surface area contributed by atoms with Gasteiger partial charge in [-0.3, -0.25) is 9.36 Å². The van der Waals surface area contributed by atoms with Crippen LogP contribution in [0.15, 0.2) is 41.1 Å². The van der Waals surface area contributed by atoms with Crippen LogP contribution >= 0.6 is 0 Å². The molecule has 0 bridgehead atoms. The van der Waals surface area contributed by atoms with Gasteiger partial charge in [0.25, 0.3) is 5.95 Å². The molecule has 2 rings (SSSR count). The number of amides is 1. The van der Waals surface area contributed by atoms with Crippen LogP contribution in [0.4, 0.5) is 23.0 Å². The summed E-state index contributed by atoms with van der Waals surface area (Å²) in [5.41, 5.74) is 1.96. The van der Waals surface area contributed by atoms with Crippen LogP contribution in [0.5, 0.6) is 0 Å². The number of hydrogen-bond donors (Lipinski definition) is 1. The summed E-state index contributed by atoms with van der Waals surface area (Å²) in [5, 5.41) is 29.6. The van der Waals surface area contributed by atoms with Crippen molar-refractivity contribution in [3.05, 3.63) is 42.2 Å². The first-order chi connectivity index (χ1) is 14.0. The molecule has 1 aromatic carbocycles. The molecule has 0 aliphatic heterocycles. The Morgan fingerprint density at radius 2 is 2.03 bits per heavy atom. The molecule has 9 nitrogen and oxygen atoms in total. The lowest BCUT2D eigenvalue weighted by Crippen LogP contribution is -2.21. The predicted octanol–water partition coefficient (Wildman–Crippen LogP) is 4.03. The zero-order valence-corrected chi connectivity index (χ0v) is 16.7. The summed E-state index contributed by atoms with van der Waals surface area (Å²) in [7, 11) is 0. The number of nitriles is 2. The number of nitrogens with zero attached hydrogens (tertiary/aromatic N) is 7. The highest BCUT2D eigenvalue weighted by molar-refractivity contribution is 5.92. The van der Waals surface area contributed by atoms with Crippen LogP contribution in [0.25, 0.3) is 0 Å². The molecular weight excluding hydrogens is 368 g/mol. The maximum atomic E-state index is 11.6. The third-order valence-electron chi connectivity index (χ3n) is 4.14. The quantitative estimate of drug-likeness (QED) is 0.538. The molecule has 0 aliphatic carbocycles. The van der Waals surface area contributed by atoms with E-state index >= 15 is 0 Å². The molecule has 9 heteroatoms. The summed E-state index contributed by atoms with van der Waals surface area (Å²) < 4.78 is 1.46. The van der Waals surface area contributed by atoms with Gasteiger partial charge in [0.15, 0.2) is 11.4 Å². The van der Waals surface area contributed by atoms with Crippen molar-refractivity contribution in [2.45, 2.75) is 27.3 Å². The fourth-order valence-electron chi connectivity index (χ4n) is 2.80. The van der Waals surface area contributed by atoms with E-state index in [0.717, 1.165) is 18.8 Å². The summed E-state index contributed by atoms with van der Waals surface area (Å²) in [4.78, 5) is 17.8. The molecule has 1 heterocycles. The summed E-state index contributed by atoms with van der Waals surface area (Å²) in [6.07, 6.45) is 1.57. The van der Waals surface area contributed by atoms with Gasteiger partial charge in [-0.2, -0.15) is 15.5 Å². The van der Waals surface area contributed by atoms with Gasteiger partial charge in [-0.25, -0.2) is 0 Å². The molecular formula is C20H22N8O. The maximum Gasteiger partial charge on any atom is 0.252 e. The fraction of sp³-hybridized carbons (Fsp3) is 0.300. The third-order valence-corrected chi connectivity index (χ3v) is 4.14. The van der Waals surface area contributed by atoms with Crippen LogP contribution in [0.1, 0.15) is 32.2 Å². The molecule has 0 fully saturated rings. The maximum absolute atomic E-state index is 11.6. The number of rotatable bonds is 8. The topological polar surface area (TPSA) is 122 Å². The van der Waals surface area contributed by atoms with Crippen molar-refractivity contribution in [2.24, 2.45) is 10.2 Å². The standard InChI is InChI=1S/C20H22N8O/c1-5-10-28-19(13-22)18(12-21)24-20(28)26-25-16-9-8-15(27(6-2)7-3)11-17(16)23-14(4)29/h5,8-9,11H,1,6-7,10H2,2-4H3,(H,23,29). The van der Waals surface area contributed by atoms with E-state index in [2.05, 4.69) is 32.0 Å². The molecule has 29 heavy (non-hydrogen) atoms. The Kier molecular flexibility index (Phi) is 7.21. The molecule has 2 aromatic rings. The normalized spacial score (nSPS) is 10.4. The van der Waals surface area contributed by atoms with E-state index < -0.39 is 0 Å². The monoisotopic (exact) mass is 390 g/mol. The second-order valence-corrected chi connectivity index (χ2v) is 5.99. The van der Waals surface area contributed by atoms with Crippen LogP contribution in [0.3, 0.4) is 0 Å². The molecule has 1 amide bonds. The highest BCUT2D eigenvalue weighted by atomic mass is 16.1. The number of imidazole rings is 1. The van der Waals surface area contributed by atoms with E-state index in [1.54, 1.807) is 12.1 Å². The number of aromatic nitrogens is 2. The van der Waals surface area contributed by atoms with Gasteiger partial charge in [0.1, 0.15) is 17.8 Å². The minimum atomic E-state index is -0.232. The van der Waals surface area contributed by atoms with Crippen molar-refractivity contribution in [1.29, 1.82) is 10.5 Å². The Morgan fingerprint density at radius 3 is 2.59 bits per heavy atom. The molecule has 0 atom stereocenters. The van der Waals surface area contributed by atoms with Gasteiger partial charge in [0.05, 0.1) is 5.69 Å². The van der Waals surface area contributed by atoms with Crippen molar-refractivity contribution < 1.29 is 4.79 Å². The van der Waals surface area contributed by atoms with Gasteiger partial charge in [0, 0.05) is 32.2 Å². The third kappa shape index (κ3) is 4.85. The number of anilines is 2. The van der Waals surface area contributed by atoms with Crippen molar-refractivity contribution in [1.82, 2.24) is 9.55 Å². The highest BCUT2D eigenvalue weighted by Crippen LogP contribution is 2.32. The largest absolute Gasteiger partial charge is 0.372 e. The Morgan fingerprint density at radius 1 is 1.31 bits per heavy atom. The predicted molar refractivity (Wildman–Crippen MR) is 110 cm³/mol. The molecule has 0 unspecified atom stereocenters. The first-order valence-electron chi connectivity index (χ1n) is 9.08. The zero-order valence-electron chi connectivity index (χ0n) is 16.7. The first kappa shape index (κ1) is 21.3. The van der Waals surface area contributed by atoms with Crippen LogP contribution in [-0.4, -0.2) is 28.5 Å². The van der Waals surface area contributed by atoms with Gasteiger partial charge >= 0.3 is 0 Å². The number of allylic oxidation sites excluding steroid dienone is 1. The van der Waals surface area contributed by atoms with E-state index in [-0.39, 0.29) is 29.8 Å². The SMILES string of the molecule is C=CCn1c(N=Nc2ccc(N(CC)CC)cc2NC(C)=O)nc(C#N)c1C#N. The lowest BCUT2D eigenvalue weighted by atomic mass is 10.2. The molecule has 1 N–H and O–H groups in total. The summed E-state index contributed by atoms with van der Waals surface area (Å²) >= 11 is 0. The Bertz CT molecular complexity index is 1020. The van der Waals surface area contributed by atoms with E-state index in [0.29, 0.717) is 11.4 Å². The minimum absolute atomic E-state index is 0.0257. The number of carbonyl (C=O) groups is 1. The van der Waals surface area contributed by atoms with Crippen LogP contribution in [0, 0.1) is 22.7 Å². The van der Waals surface area contributed by atoms with E-state index in [1.165, 1.54) is 11.5 Å². The van der Waals surface area contributed by atoms with Crippen molar-refractivity contribution in [3.8, 4) is 12.1 Å². The number of nitrogens with one attached hydrogen (secondary N) is 1. The lowest BCUT2D eigenvalue weighted by molar-refractivity contribution is -0.114. The molecule has 0 aliphatic rings. The molecule has 1 aromatic heterocycles. The Hall–Kier alpha value is -3.98. The number of benzene rings is 1. The Labute approximate surface area is 169 Å². The van der Waals surface area contributed by atoms with E-state index in [4.69, 9.17) is 0 Å². The van der Waals surface area contributed by atoms with E-state index in [1.807, 2.05) is 38.1 Å². The molecule has 0 radical (unpaired) electrons. The summed E-state index contributed by atoms with van der Waals surface area (Å²) in [6.45, 7) is 11.1.